The third-order valence-electron chi connectivity index (χ3n) is 4.55. The molecular weight excluding hydrogens is 439 g/mol. The number of nitrogens with one attached hydrogen (secondary N) is 1. The van der Waals surface area contributed by atoms with Crippen LogP contribution in [0.25, 0.3) is 0 Å². The highest BCUT2D eigenvalue weighted by atomic mass is 35.5. The summed E-state index contributed by atoms with van der Waals surface area (Å²) in [5, 5.41) is 3.24. The van der Waals surface area contributed by atoms with Gasteiger partial charge < -0.3 is 14.8 Å². The average Bonchev–Trinajstić information content (AvgIpc) is 2.69. The molecular formula is C19H20Cl2N2O5S. The van der Waals surface area contributed by atoms with Crippen molar-refractivity contribution in [3.8, 4) is 11.5 Å². The van der Waals surface area contributed by atoms with Crippen LogP contribution in [-0.2, 0) is 10.0 Å². The Hall–Kier alpha value is -2.16. The molecule has 1 saturated heterocycles. The van der Waals surface area contributed by atoms with Crippen LogP contribution in [0.4, 0.5) is 11.4 Å². The summed E-state index contributed by atoms with van der Waals surface area (Å²) in [4.78, 5) is 12.9. The van der Waals surface area contributed by atoms with Crippen LogP contribution >= 0.6 is 23.2 Å². The van der Waals surface area contributed by atoms with E-state index in [-0.39, 0.29) is 16.3 Å². The normalized spacial score (nSPS) is 15.7. The molecule has 156 valence electrons. The molecule has 0 aliphatic carbocycles. The molecule has 0 bridgehead atoms. The van der Waals surface area contributed by atoms with Crippen LogP contribution in [0.3, 0.4) is 0 Å². The van der Waals surface area contributed by atoms with Crippen LogP contribution in [-0.4, -0.2) is 40.8 Å². The van der Waals surface area contributed by atoms with Crippen molar-refractivity contribution in [1.29, 1.82) is 0 Å². The molecule has 2 aromatic carbocycles. The zero-order valence-corrected chi connectivity index (χ0v) is 18.2. The summed E-state index contributed by atoms with van der Waals surface area (Å²) in [6.45, 7) is 0.368. The number of halogens is 2. The molecule has 10 heteroatoms. The molecule has 2 aromatic rings. The van der Waals surface area contributed by atoms with E-state index in [0.29, 0.717) is 40.9 Å². The maximum atomic E-state index is 12.9. The van der Waals surface area contributed by atoms with Crippen molar-refractivity contribution in [3.05, 3.63) is 45.9 Å². The molecule has 1 fully saturated rings. The third kappa shape index (κ3) is 4.55. The summed E-state index contributed by atoms with van der Waals surface area (Å²) in [7, 11) is -0.504. The fraction of sp³-hybridized carbons (Fsp3) is 0.316. The molecule has 1 aliphatic heterocycles. The minimum absolute atomic E-state index is 0.0823. The van der Waals surface area contributed by atoms with Gasteiger partial charge in [0.15, 0.2) is 0 Å². The van der Waals surface area contributed by atoms with Crippen molar-refractivity contribution >= 4 is 50.5 Å². The Balaban J connectivity index is 1.94. The van der Waals surface area contributed by atoms with E-state index in [2.05, 4.69) is 5.32 Å². The first-order valence-corrected chi connectivity index (χ1v) is 11.2. The summed E-state index contributed by atoms with van der Waals surface area (Å²) in [5.41, 5.74) is 0.881. The Kier molecular flexibility index (Phi) is 6.45. The fourth-order valence-electron chi connectivity index (χ4n) is 3.07. The van der Waals surface area contributed by atoms with Crippen LogP contribution in [0.1, 0.15) is 23.2 Å². The van der Waals surface area contributed by atoms with Crippen molar-refractivity contribution in [2.24, 2.45) is 0 Å². The molecule has 1 heterocycles. The predicted molar refractivity (Wildman–Crippen MR) is 114 cm³/mol. The molecule has 3 rings (SSSR count). The molecule has 0 spiro atoms. The van der Waals surface area contributed by atoms with Crippen LogP contribution < -0.4 is 19.1 Å². The first-order valence-electron chi connectivity index (χ1n) is 8.79. The Morgan fingerprint density at radius 3 is 2.41 bits per heavy atom. The van der Waals surface area contributed by atoms with Gasteiger partial charge in [-0.25, -0.2) is 8.42 Å². The molecule has 7 nitrogen and oxygen atoms in total. The van der Waals surface area contributed by atoms with E-state index in [9.17, 15) is 13.2 Å². The zero-order valence-electron chi connectivity index (χ0n) is 15.9. The maximum absolute atomic E-state index is 12.9. The van der Waals surface area contributed by atoms with Crippen molar-refractivity contribution in [1.82, 2.24) is 0 Å². The third-order valence-corrected chi connectivity index (χ3v) is 7.05. The Morgan fingerprint density at radius 2 is 1.76 bits per heavy atom. The smallest absolute Gasteiger partial charge is 0.257 e. The largest absolute Gasteiger partial charge is 0.495 e. The summed E-state index contributed by atoms with van der Waals surface area (Å²) in [6, 6.07) is 7.63. The van der Waals surface area contributed by atoms with Gasteiger partial charge >= 0.3 is 0 Å². The SMILES string of the molecule is COc1cc(NC(=O)c2cc(N3CCCCS3(=O)=O)ccc2Cl)c(OC)cc1Cl. The first-order chi connectivity index (χ1) is 13.8. The molecule has 0 unspecified atom stereocenters. The van der Waals surface area contributed by atoms with E-state index in [1.807, 2.05) is 0 Å². The van der Waals surface area contributed by atoms with Crippen LogP contribution in [0.2, 0.25) is 10.0 Å². The van der Waals surface area contributed by atoms with E-state index in [0.717, 1.165) is 6.42 Å². The number of hydrogen-bond donors (Lipinski definition) is 1. The summed E-state index contributed by atoms with van der Waals surface area (Å²) in [6.07, 6.45) is 1.38. The predicted octanol–water partition coefficient (Wildman–Crippen LogP) is 4.19. The standard InChI is InChI=1S/C19H20Cl2N2O5S/c1-27-17-11-16(18(28-2)10-15(17)21)22-19(24)13-9-12(5-6-14(13)20)23-7-3-4-8-29(23,25)26/h5-6,9-11H,3-4,7-8H2,1-2H3,(H,22,24). The van der Waals surface area contributed by atoms with Gasteiger partial charge in [0.2, 0.25) is 10.0 Å². The lowest BCUT2D eigenvalue weighted by molar-refractivity contribution is 0.102. The first kappa shape index (κ1) is 21.5. The van der Waals surface area contributed by atoms with Gasteiger partial charge in [-0.1, -0.05) is 23.2 Å². The van der Waals surface area contributed by atoms with E-state index in [1.165, 1.54) is 42.8 Å². The number of methoxy groups -OCH3 is 2. The van der Waals surface area contributed by atoms with Gasteiger partial charge in [0.25, 0.3) is 5.91 Å². The second kappa shape index (κ2) is 8.69. The van der Waals surface area contributed by atoms with Gasteiger partial charge in [-0.15, -0.1) is 0 Å². The van der Waals surface area contributed by atoms with E-state index in [4.69, 9.17) is 32.7 Å². The topological polar surface area (TPSA) is 84.9 Å². The number of anilines is 2. The van der Waals surface area contributed by atoms with Crippen molar-refractivity contribution < 1.29 is 22.7 Å². The summed E-state index contributed by atoms with van der Waals surface area (Å²) in [5.74, 6) is 0.268. The number of nitrogens with zero attached hydrogens (tertiary/aromatic N) is 1. The summed E-state index contributed by atoms with van der Waals surface area (Å²) >= 11 is 12.3. The molecule has 1 N–H and O–H groups in total. The molecule has 1 aliphatic rings. The minimum Gasteiger partial charge on any atom is -0.495 e. The van der Waals surface area contributed by atoms with Crippen LogP contribution in [0.15, 0.2) is 30.3 Å². The molecule has 29 heavy (non-hydrogen) atoms. The second-order valence-electron chi connectivity index (χ2n) is 6.40. The minimum atomic E-state index is -3.41. The molecule has 0 atom stereocenters. The molecule has 0 saturated carbocycles. The highest BCUT2D eigenvalue weighted by molar-refractivity contribution is 7.92. The van der Waals surface area contributed by atoms with E-state index in [1.54, 1.807) is 6.07 Å². The number of sulfonamides is 1. The molecule has 1 amide bonds. The molecule has 0 radical (unpaired) electrons. The second-order valence-corrected chi connectivity index (χ2v) is 9.23. The van der Waals surface area contributed by atoms with Gasteiger partial charge in [-0.3, -0.25) is 9.10 Å². The lowest BCUT2D eigenvalue weighted by atomic mass is 10.1. The van der Waals surface area contributed by atoms with Crippen LogP contribution in [0.5, 0.6) is 11.5 Å². The van der Waals surface area contributed by atoms with Gasteiger partial charge in [-0.2, -0.15) is 0 Å². The Bertz CT molecular complexity index is 1040. The highest BCUT2D eigenvalue weighted by Crippen LogP contribution is 2.36. The van der Waals surface area contributed by atoms with Crippen LogP contribution in [0, 0.1) is 0 Å². The number of amides is 1. The van der Waals surface area contributed by atoms with E-state index >= 15 is 0 Å². The van der Waals surface area contributed by atoms with Gasteiger partial charge in [-0.05, 0) is 31.0 Å². The van der Waals surface area contributed by atoms with E-state index < -0.39 is 15.9 Å². The maximum Gasteiger partial charge on any atom is 0.257 e. The Labute approximate surface area is 179 Å². The van der Waals surface area contributed by atoms with Crippen molar-refractivity contribution in [3.63, 3.8) is 0 Å². The highest BCUT2D eigenvalue weighted by Gasteiger charge is 2.27. The van der Waals surface area contributed by atoms with Crippen molar-refractivity contribution in [2.45, 2.75) is 12.8 Å². The number of ether oxygens (including phenoxy) is 2. The molecule has 0 aromatic heterocycles. The number of carbonyl (C=O) groups is 1. The van der Waals surface area contributed by atoms with Gasteiger partial charge in [0, 0.05) is 18.7 Å². The zero-order chi connectivity index (χ0) is 21.2. The summed E-state index contributed by atoms with van der Waals surface area (Å²) < 4.78 is 36.5. The lowest BCUT2D eigenvalue weighted by Crippen LogP contribution is -2.38. The number of rotatable bonds is 5. The number of benzene rings is 2. The lowest BCUT2D eigenvalue weighted by Gasteiger charge is -2.28. The van der Waals surface area contributed by atoms with Gasteiger partial charge in [0.1, 0.15) is 11.5 Å². The van der Waals surface area contributed by atoms with Gasteiger partial charge in [0.05, 0.1) is 47.0 Å². The number of carbonyl (C=O) groups excluding carboxylic acids is 1. The Morgan fingerprint density at radius 1 is 1.03 bits per heavy atom. The number of hydrogen-bond acceptors (Lipinski definition) is 5. The van der Waals surface area contributed by atoms with Crippen molar-refractivity contribution in [2.75, 3.05) is 36.1 Å². The average molecular weight is 459 g/mol. The monoisotopic (exact) mass is 458 g/mol. The quantitative estimate of drug-likeness (QED) is 0.725. The fourth-order valence-corrected chi connectivity index (χ4v) is 5.13.